The molecule has 0 aliphatic carbocycles. The summed E-state index contributed by atoms with van der Waals surface area (Å²) in [6.07, 6.45) is 1.47. The van der Waals surface area contributed by atoms with Crippen LogP contribution in [0, 0.1) is 6.92 Å². The molecule has 7 nitrogen and oxygen atoms in total. The van der Waals surface area contributed by atoms with Gasteiger partial charge in [0.25, 0.3) is 10.0 Å². The fourth-order valence-electron chi connectivity index (χ4n) is 1.49. The Hall–Kier alpha value is -1.67. The van der Waals surface area contributed by atoms with Gasteiger partial charge < -0.3 is 4.57 Å². The minimum Gasteiger partial charge on any atom is -0.334 e. The van der Waals surface area contributed by atoms with Gasteiger partial charge in [0.1, 0.15) is 5.82 Å². The summed E-state index contributed by atoms with van der Waals surface area (Å²) in [5.41, 5.74) is 0. The van der Waals surface area contributed by atoms with E-state index in [1.165, 1.54) is 18.3 Å². The zero-order valence-electron chi connectivity index (χ0n) is 10.3. The van der Waals surface area contributed by atoms with Crippen LogP contribution in [0.2, 0.25) is 5.15 Å². The van der Waals surface area contributed by atoms with Crippen molar-refractivity contribution in [2.45, 2.75) is 25.4 Å². The summed E-state index contributed by atoms with van der Waals surface area (Å²) < 4.78 is 28.2. The van der Waals surface area contributed by atoms with Crippen LogP contribution in [0.1, 0.15) is 12.7 Å². The molecule has 102 valence electrons. The molecular formula is C10H12ClN5O2S. The lowest BCUT2D eigenvalue weighted by molar-refractivity contribution is 0.597. The van der Waals surface area contributed by atoms with Crippen LogP contribution >= 0.6 is 11.6 Å². The highest BCUT2D eigenvalue weighted by Gasteiger charge is 2.19. The highest BCUT2D eigenvalue weighted by atomic mass is 35.5. The molecule has 0 spiro atoms. The number of imidazole rings is 1. The third-order valence-electron chi connectivity index (χ3n) is 2.44. The van der Waals surface area contributed by atoms with E-state index < -0.39 is 10.0 Å². The van der Waals surface area contributed by atoms with Crippen LogP contribution in [0.3, 0.4) is 0 Å². The Morgan fingerprint density at radius 3 is 2.63 bits per heavy atom. The maximum atomic E-state index is 12.1. The molecule has 0 fully saturated rings. The number of nitrogens with one attached hydrogen (secondary N) is 1. The van der Waals surface area contributed by atoms with Gasteiger partial charge in [-0.05, 0) is 26.0 Å². The van der Waals surface area contributed by atoms with E-state index in [2.05, 4.69) is 19.9 Å². The molecule has 0 bridgehead atoms. The Morgan fingerprint density at radius 2 is 2.11 bits per heavy atom. The summed E-state index contributed by atoms with van der Waals surface area (Å²) in [5, 5.41) is 7.33. The SMILES string of the molecule is CCn1cc(S(=O)(=O)Nc2ccc(Cl)nn2)nc1C. The van der Waals surface area contributed by atoms with Crippen molar-refractivity contribution in [2.75, 3.05) is 4.72 Å². The van der Waals surface area contributed by atoms with Crippen LogP contribution in [0.4, 0.5) is 5.82 Å². The van der Waals surface area contributed by atoms with Gasteiger partial charge in [0.05, 0.1) is 0 Å². The summed E-state index contributed by atoms with van der Waals surface area (Å²) in [6.45, 7) is 4.29. The Labute approximate surface area is 115 Å². The number of nitrogens with zero attached hydrogens (tertiary/aromatic N) is 4. The first-order valence-electron chi connectivity index (χ1n) is 5.48. The molecule has 2 aromatic rings. The number of sulfonamides is 1. The third kappa shape index (κ3) is 3.02. The molecule has 0 saturated carbocycles. The largest absolute Gasteiger partial charge is 0.334 e. The van der Waals surface area contributed by atoms with Crippen LogP contribution in [-0.4, -0.2) is 28.2 Å². The monoisotopic (exact) mass is 301 g/mol. The van der Waals surface area contributed by atoms with E-state index in [0.717, 1.165) is 0 Å². The second kappa shape index (κ2) is 5.14. The van der Waals surface area contributed by atoms with Gasteiger partial charge in [0.2, 0.25) is 0 Å². The molecule has 2 heterocycles. The standard InChI is InChI=1S/C10H12ClN5O2S/c1-3-16-6-10(12-7(16)2)19(17,18)15-9-5-4-8(11)13-14-9/h4-6H,3H2,1-2H3,(H,14,15). The van der Waals surface area contributed by atoms with Crippen LogP contribution in [0.5, 0.6) is 0 Å². The first-order valence-corrected chi connectivity index (χ1v) is 7.34. The first-order chi connectivity index (χ1) is 8.92. The molecule has 0 aliphatic rings. The Balaban J connectivity index is 2.29. The smallest absolute Gasteiger partial charge is 0.282 e. The zero-order chi connectivity index (χ0) is 14.0. The fourth-order valence-corrected chi connectivity index (χ4v) is 2.60. The van der Waals surface area contributed by atoms with Gasteiger partial charge in [0, 0.05) is 12.7 Å². The molecule has 19 heavy (non-hydrogen) atoms. The second-order valence-electron chi connectivity index (χ2n) is 3.76. The Morgan fingerprint density at radius 1 is 1.37 bits per heavy atom. The van der Waals surface area contributed by atoms with Crippen molar-refractivity contribution in [1.82, 2.24) is 19.7 Å². The fraction of sp³-hybridized carbons (Fsp3) is 0.300. The van der Waals surface area contributed by atoms with E-state index in [4.69, 9.17) is 11.6 Å². The van der Waals surface area contributed by atoms with Crippen molar-refractivity contribution < 1.29 is 8.42 Å². The van der Waals surface area contributed by atoms with E-state index in [-0.39, 0.29) is 16.0 Å². The van der Waals surface area contributed by atoms with Crippen molar-refractivity contribution >= 4 is 27.4 Å². The van der Waals surface area contributed by atoms with Gasteiger partial charge >= 0.3 is 0 Å². The Bertz CT molecular complexity index is 680. The topological polar surface area (TPSA) is 89.8 Å². The molecular weight excluding hydrogens is 290 g/mol. The van der Waals surface area contributed by atoms with Gasteiger partial charge in [-0.1, -0.05) is 11.6 Å². The zero-order valence-corrected chi connectivity index (χ0v) is 11.9. The minimum absolute atomic E-state index is 0.0522. The number of aryl methyl sites for hydroxylation is 2. The summed E-state index contributed by atoms with van der Waals surface area (Å²) >= 11 is 5.58. The number of anilines is 1. The molecule has 1 N–H and O–H groups in total. The summed E-state index contributed by atoms with van der Waals surface area (Å²) in [4.78, 5) is 4.01. The van der Waals surface area contributed by atoms with Crippen molar-refractivity contribution in [3.63, 3.8) is 0 Å². The predicted octanol–water partition coefficient (Wildman–Crippen LogP) is 1.46. The van der Waals surface area contributed by atoms with E-state index in [0.29, 0.717) is 12.4 Å². The molecule has 0 aliphatic heterocycles. The molecule has 9 heteroatoms. The summed E-state index contributed by atoms with van der Waals surface area (Å²) in [7, 11) is -3.77. The molecule has 0 amide bonds. The van der Waals surface area contributed by atoms with E-state index in [1.807, 2.05) is 6.92 Å². The van der Waals surface area contributed by atoms with Crippen LogP contribution in [-0.2, 0) is 16.6 Å². The maximum absolute atomic E-state index is 12.1. The van der Waals surface area contributed by atoms with E-state index >= 15 is 0 Å². The van der Waals surface area contributed by atoms with Crippen molar-refractivity contribution in [3.8, 4) is 0 Å². The molecule has 0 saturated heterocycles. The minimum atomic E-state index is -3.77. The van der Waals surface area contributed by atoms with Gasteiger partial charge in [0.15, 0.2) is 16.0 Å². The van der Waals surface area contributed by atoms with Crippen molar-refractivity contribution in [3.05, 3.63) is 29.3 Å². The van der Waals surface area contributed by atoms with Crippen LogP contribution in [0.25, 0.3) is 0 Å². The lowest BCUT2D eigenvalue weighted by Crippen LogP contribution is -2.14. The number of aromatic nitrogens is 4. The average molecular weight is 302 g/mol. The number of rotatable bonds is 4. The summed E-state index contributed by atoms with van der Waals surface area (Å²) in [5.74, 6) is 0.721. The molecule has 0 aromatic carbocycles. The van der Waals surface area contributed by atoms with E-state index in [9.17, 15) is 8.42 Å². The Kier molecular flexibility index (Phi) is 3.72. The number of halogens is 1. The number of hydrogen-bond donors (Lipinski definition) is 1. The molecule has 0 radical (unpaired) electrons. The lowest BCUT2D eigenvalue weighted by atomic mass is 10.5. The van der Waals surface area contributed by atoms with E-state index in [1.54, 1.807) is 11.5 Å². The van der Waals surface area contributed by atoms with Gasteiger partial charge in [-0.15, -0.1) is 10.2 Å². The van der Waals surface area contributed by atoms with Gasteiger partial charge in [-0.2, -0.15) is 8.42 Å². The number of hydrogen-bond acceptors (Lipinski definition) is 5. The molecule has 0 unspecified atom stereocenters. The van der Waals surface area contributed by atoms with Gasteiger partial charge in [-0.3, -0.25) is 4.72 Å². The second-order valence-corrected chi connectivity index (χ2v) is 5.78. The first kappa shape index (κ1) is 13.8. The maximum Gasteiger partial charge on any atom is 0.282 e. The van der Waals surface area contributed by atoms with Crippen molar-refractivity contribution in [2.24, 2.45) is 0 Å². The van der Waals surface area contributed by atoms with Crippen LogP contribution in [0.15, 0.2) is 23.4 Å². The van der Waals surface area contributed by atoms with Crippen LogP contribution < -0.4 is 4.72 Å². The molecule has 0 atom stereocenters. The lowest BCUT2D eigenvalue weighted by Gasteiger charge is -2.03. The molecule has 2 aromatic heterocycles. The molecule has 2 rings (SSSR count). The van der Waals surface area contributed by atoms with Crippen molar-refractivity contribution in [1.29, 1.82) is 0 Å². The third-order valence-corrected chi connectivity index (χ3v) is 3.87. The highest BCUT2D eigenvalue weighted by Crippen LogP contribution is 2.14. The predicted molar refractivity (Wildman–Crippen MR) is 70.5 cm³/mol. The highest BCUT2D eigenvalue weighted by molar-refractivity contribution is 7.92. The van der Waals surface area contributed by atoms with Gasteiger partial charge in [-0.25, -0.2) is 4.98 Å². The quantitative estimate of drug-likeness (QED) is 0.923. The average Bonchev–Trinajstić information content (AvgIpc) is 2.74. The normalized spacial score (nSPS) is 11.5. The summed E-state index contributed by atoms with van der Waals surface area (Å²) in [6, 6.07) is 2.87.